The molecule has 1 heterocycles. The molecule has 0 radical (unpaired) electrons. The Balaban J connectivity index is 1.76. The highest BCUT2D eigenvalue weighted by molar-refractivity contribution is 6.54. The third-order valence-corrected chi connectivity index (χ3v) is 4.70. The summed E-state index contributed by atoms with van der Waals surface area (Å²) in [6, 6.07) is 19.5. The Morgan fingerprint density at radius 2 is 1.86 bits per heavy atom. The normalized spacial score (nSPS) is 14.8. The van der Waals surface area contributed by atoms with Gasteiger partial charge < -0.3 is 9.64 Å². The van der Waals surface area contributed by atoms with Crippen LogP contribution in [0.2, 0.25) is 0 Å². The molecule has 4 rings (SSSR count). The molecule has 28 heavy (non-hydrogen) atoms. The van der Waals surface area contributed by atoms with Gasteiger partial charge in [0.25, 0.3) is 5.91 Å². The summed E-state index contributed by atoms with van der Waals surface area (Å²) >= 11 is 0. The van der Waals surface area contributed by atoms with Gasteiger partial charge >= 0.3 is 0 Å². The van der Waals surface area contributed by atoms with Crippen molar-refractivity contribution in [3.63, 3.8) is 0 Å². The molecule has 5 heteroatoms. The molecule has 0 N–H and O–H groups in total. The molecule has 0 saturated heterocycles. The second-order valence-electron chi connectivity index (χ2n) is 6.32. The average Bonchev–Trinajstić information content (AvgIpc) is 3.00. The number of benzene rings is 3. The van der Waals surface area contributed by atoms with Crippen LogP contribution in [0.15, 0.2) is 83.5 Å². The molecule has 5 nitrogen and oxygen atoms in total. The molecule has 0 atom stereocenters. The van der Waals surface area contributed by atoms with Crippen LogP contribution < -0.4 is 9.64 Å². The van der Waals surface area contributed by atoms with Gasteiger partial charge in [-0.1, -0.05) is 54.6 Å². The zero-order valence-corrected chi connectivity index (χ0v) is 15.5. The van der Waals surface area contributed by atoms with Gasteiger partial charge in [0.1, 0.15) is 5.75 Å². The van der Waals surface area contributed by atoms with E-state index >= 15 is 0 Å². The first-order valence-electron chi connectivity index (χ1n) is 8.93. The van der Waals surface area contributed by atoms with E-state index in [4.69, 9.17) is 4.74 Å². The molecule has 1 amide bonds. The van der Waals surface area contributed by atoms with Crippen molar-refractivity contribution in [1.82, 2.24) is 0 Å². The highest BCUT2D eigenvalue weighted by Crippen LogP contribution is 2.29. The van der Waals surface area contributed by atoms with Gasteiger partial charge in [-0.05, 0) is 22.9 Å². The summed E-state index contributed by atoms with van der Waals surface area (Å²) in [5.41, 5.74) is 2.75. The van der Waals surface area contributed by atoms with Crippen LogP contribution in [0.4, 0.5) is 5.69 Å². The van der Waals surface area contributed by atoms with E-state index < -0.39 is 0 Å². The lowest BCUT2D eigenvalue weighted by Crippen LogP contribution is -2.30. The molecule has 0 aliphatic carbocycles. The minimum absolute atomic E-state index is 0.178. The van der Waals surface area contributed by atoms with Crippen molar-refractivity contribution in [1.29, 1.82) is 0 Å². The Morgan fingerprint density at radius 3 is 2.68 bits per heavy atom. The molecular formula is C23H19N3O2. The number of fused-ring (bicyclic) bond motifs is 2. The Hall–Kier alpha value is -3.73. The van der Waals surface area contributed by atoms with Gasteiger partial charge in [0.05, 0.1) is 19.0 Å². The Morgan fingerprint density at radius 1 is 1.07 bits per heavy atom. The lowest BCUT2D eigenvalue weighted by atomic mass is 10.0. The van der Waals surface area contributed by atoms with Crippen LogP contribution in [-0.4, -0.2) is 31.5 Å². The molecule has 0 unspecified atom stereocenters. The van der Waals surface area contributed by atoms with Crippen molar-refractivity contribution in [2.75, 3.05) is 18.6 Å². The largest absolute Gasteiger partial charge is 0.496 e. The van der Waals surface area contributed by atoms with Crippen molar-refractivity contribution in [2.24, 2.45) is 10.2 Å². The van der Waals surface area contributed by atoms with Crippen LogP contribution in [0, 0.1) is 0 Å². The van der Waals surface area contributed by atoms with Gasteiger partial charge in [-0.15, -0.1) is 11.7 Å². The van der Waals surface area contributed by atoms with E-state index in [2.05, 4.69) is 16.8 Å². The number of para-hydroxylation sites is 1. The van der Waals surface area contributed by atoms with Gasteiger partial charge in [-0.25, -0.2) is 0 Å². The van der Waals surface area contributed by atoms with E-state index in [9.17, 15) is 4.79 Å². The fourth-order valence-corrected chi connectivity index (χ4v) is 3.40. The Kier molecular flexibility index (Phi) is 4.72. The van der Waals surface area contributed by atoms with Gasteiger partial charge in [-0.2, -0.15) is 5.10 Å². The van der Waals surface area contributed by atoms with Crippen LogP contribution in [0.5, 0.6) is 5.75 Å². The summed E-state index contributed by atoms with van der Waals surface area (Å²) in [5, 5.41) is 10.6. The maximum Gasteiger partial charge on any atom is 0.279 e. The molecular weight excluding hydrogens is 350 g/mol. The highest BCUT2D eigenvalue weighted by atomic mass is 16.5. The number of nitrogens with zero attached hydrogens (tertiary/aromatic N) is 3. The van der Waals surface area contributed by atoms with Crippen molar-refractivity contribution in [2.45, 2.75) is 0 Å². The second-order valence-corrected chi connectivity index (χ2v) is 6.32. The molecule has 0 fully saturated rings. The summed E-state index contributed by atoms with van der Waals surface area (Å²) < 4.78 is 5.48. The number of carbonyl (C=O) groups excluding carboxylic acids is 1. The van der Waals surface area contributed by atoms with Crippen LogP contribution in [-0.2, 0) is 4.79 Å². The number of amides is 1. The zero-order chi connectivity index (χ0) is 19.5. The quantitative estimate of drug-likeness (QED) is 0.384. The highest BCUT2D eigenvalue weighted by Gasteiger charge is 2.32. The van der Waals surface area contributed by atoms with E-state index in [0.29, 0.717) is 18.0 Å². The molecule has 0 saturated carbocycles. The summed E-state index contributed by atoms with van der Waals surface area (Å²) in [5.74, 6) is 0.525. The monoisotopic (exact) mass is 369 g/mol. The second kappa shape index (κ2) is 7.48. The summed E-state index contributed by atoms with van der Waals surface area (Å²) in [6.45, 7) is 4.16. The predicted molar refractivity (Wildman–Crippen MR) is 114 cm³/mol. The van der Waals surface area contributed by atoms with E-state index in [-0.39, 0.29) is 5.91 Å². The topological polar surface area (TPSA) is 54.3 Å². The number of hydrogen-bond donors (Lipinski definition) is 0. The average molecular weight is 369 g/mol. The number of carbonyl (C=O) groups is 1. The lowest BCUT2D eigenvalue weighted by molar-refractivity contribution is -0.112. The van der Waals surface area contributed by atoms with E-state index in [1.54, 1.807) is 24.3 Å². The minimum Gasteiger partial charge on any atom is -0.496 e. The molecule has 138 valence electrons. The number of ether oxygens (including phenoxy) is 1. The molecule has 0 spiro atoms. The third-order valence-electron chi connectivity index (χ3n) is 4.70. The zero-order valence-electron chi connectivity index (χ0n) is 15.5. The van der Waals surface area contributed by atoms with Gasteiger partial charge in [-0.3, -0.25) is 4.79 Å². The predicted octanol–water partition coefficient (Wildman–Crippen LogP) is 4.20. The van der Waals surface area contributed by atoms with Gasteiger partial charge in [0.15, 0.2) is 5.71 Å². The van der Waals surface area contributed by atoms with E-state index in [1.165, 1.54) is 0 Å². The molecule has 0 aromatic heterocycles. The maximum atomic E-state index is 12.8. The first-order chi connectivity index (χ1) is 13.7. The number of hydrogen-bond acceptors (Lipinski definition) is 4. The standard InChI is InChI=1S/C23H19N3O2/c1-3-14-26-20-11-7-6-10-18(20)22(23(26)27)25-24-15-19-17-9-5-4-8-16(17)12-13-21(19)28-2/h3-13,15H,1,14H2,2H3. The minimum atomic E-state index is -0.178. The number of anilines is 1. The molecule has 0 bridgehead atoms. The van der Waals surface area contributed by atoms with Crippen molar-refractivity contribution < 1.29 is 9.53 Å². The SMILES string of the molecule is C=CCN1C(=O)C(=NN=Cc2c(OC)ccc3ccccc23)c2ccccc21. The van der Waals surface area contributed by atoms with Crippen molar-refractivity contribution in [3.05, 3.63) is 84.4 Å². The lowest BCUT2D eigenvalue weighted by Gasteiger charge is -2.13. The fraction of sp³-hybridized carbons (Fsp3) is 0.0870. The first kappa shape index (κ1) is 17.7. The number of rotatable bonds is 5. The molecule has 3 aromatic rings. The first-order valence-corrected chi connectivity index (χ1v) is 8.93. The number of methoxy groups -OCH3 is 1. The van der Waals surface area contributed by atoms with E-state index in [1.807, 2.05) is 60.7 Å². The van der Waals surface area contributed by atoms with Gasteiger partial charge in [0, 0.05) is 17.7 Å². The van der Waals surface area contributed by atoms with Crippen LogP contribution >= 0.6 is 0 Å². The Bertz CT molecular complexity index is 1130. The third kappa shape index (κ3) is 2.97. The van der Waals surface area contributed by atoms with Crippen LogP contribution in [0.3, 0.4) is 0 Å². The summed E-state index contributed by atoms with van der Waals surface area (Å²) in [6.07, 6.45) is 3.34. The van der Waals surface area contributed by atoms with Gasteiger partial charge in [0.2, 0.25) is 0 Å². The fourth-order valence-electron chi connectivity index (χ4n) is 3.40. The smallest absolute Gasteiger partial charge is 0.279 e. The molecule has 1 aliphatic heterocycles. The molecule has 3 aromatic carbocycles. The molecule has 1 aliphatic rings. The van der Waals surface area contributed by atoms with E-state index in [0.717, 1.165) is 27.6 Å². The van der Waals surface area contributed by atoms with Crippen molar-refractivity contribution in [3.8, 4) is 5.75 Å². The van der Waals surface area contributed by atoms with Crippen LogP contribution in [0.1, 0.15) is 11.1 Å². The summed E-state index contributed by atoms with van der Waals surface area (Å²) in [4.78, 5) is 14.4. The Labute approximate surface area is 163 Å². The summed E-state index contributed by atoms with van der Waals surface area (Å²) in [7, 11) is 1.62. The van der Waals surface area contributed by atoms with Crippen molar-refractivity contribution >= 4 is 34.3 Å². The maximum absolute atomic E-state index is 12.8. The van der Waals surface area contributed by atoms with Crippen LogP contribution in [0.25, 0.3) is 10.8 Å².